The maximum atomic E-state index is 6.11. The van der Waals surface area contributed by atoms with Crippen LogP contribution in [0.5, 0.6) is 5.75 Å². The molecule has 0 radical (unpaired) electrons. The first-order chi connectivity index (χ1) is 9.86. The summed E-state index contributed by atoms with van der Waals surface area (Å²) >= 11 is 1.89. The average molecular weight is 285 g/mol. The summed E-state index contributed by atoms with van der Waals surface area (Å²) in [5, 5.41) is 3.49. The monoisotopic (exact) mass is 285 g/mol. The molecule has 1 heterocycles. The normalized spacial score (nSPS) is 16.9. The van der Waals surface area contributed by atoms with E-state index in [9.17, 15) is 0 Å². The highest BCUT2D eigenvalue weighted by Crippen LogP contribution is 2.36. The van der Waals surface area contributed by atoms with Gasteiger partial charge in [0.1, 0.15) is 11.9 Å². The standard InChI is InChI=1S/C17H19NOS/c1-2-10-20-14-8-9-16-15(11-14)18-12-17(19-16)13-6-4-3-5-7-13/h3-9,11,17-18H,2,10,12H2,1H3. The predicted octanol–water partition coefficient (Wildman–Crippen LogP) is 4.73. The smallest absolute Gasteiger partial charge is 0.143 e. The van der Waals surface area contributed by atoms with Gasteiger partial charge in [-0.3, -0.25) is 0 Å². The third kappa shape index (κ3) is 2.93. The van der Waals surface area contributed by atoms with E-state index in [1.165, 1.54) is 16.9 Å². The highest BCUT2D eigenvalue weighted by Gasteiger charge is 2.20. The molecule has 1 aliphatic heterocycles. The third-order valence-corrected chi connectivity index (χ3v) is 4.54. The van der Waals surface area contributed by atoms with Crippen LogP contribution in [0, 0.1) is 0 Å². The topological polar surface area (TPSA) is 21.3 Å². The zero-order chi connectivity index (χ0) is 13.8. The molecule has 104 valence electrons. The Labute approximate surface area is 124 Å². The van der Waals surface area contributed by atoms with Gasteiger partial charge in [-0.2, -0.15) is 0 Å². The lowest BCUT2D eigenvalue weighted by Gasteiger charge is -2.28. The van der Waals surface area contributed by atoms with Crippen LogP contribution in [0.4, 0.5) is 5.69 Å². The molecule has 1 N–H and O–H groups in total. The van der Waals surface area contributed by atoms with Gasteiger partial charge in [0.05, 0.1) is 12.2 Å². The Morgan fingerprint density at radius 1 is 1.20 bits per heavy atom. The van der Waals surface area contributed by atoms with E-state index >= 15 is 0 Å². The van der Waals surface area contributed by atoms with E-state index in [4.69, 9.17) is 4.74 Å². The minimum absolute atomic E-state index is 0.0952. The van der Waals surface area contributed by atoms with Gasteiger partial charge in [-0.25, -0.2) is 0 Å². The van der Waals surface area contributed by atoms with Crippen LogP contribution < -0.4 is 10.1 Å². The van der Waals surface area contributed by atoms with Crippen molar-refractivity contribution >= 4 is 17.4 Å². The molecule has 2 aromatic carbocycles. The van der Waals surface area contributed by atoms with Gasteiger partial charge in [0, 0.05) is 4.90 Å². The molecule has 2 aromatic rings. The summed E-state index contributed by atoms with van der Waals surface area (Å²) in [7, 11) is 0. The number of hydrogen-bond acceptors (Lipinski definition) is 3. The van der Waals surface area contributed by atoms with Crippen LogP contribution in [-0.2, 0) is 0 Å². The van der Waals surface area contributed by atoms with E-state index in [1.54, 1.807) is 0 Å². The second-order valence-electron chi connectivity index (χ2n) is 4.90. The maximum absolute atomic E-state index is 6.11. The summed E-state index contributed by atoms with van der Waals surface area (Å²) < 4.78 is 6.11. The van der Waals surface area contributed by atoms with Crippen molar-refractivity contribution in [2.45, 2.75) is 24.3 Å². The highest BCUT2D eigenvalue weighted by molar-refractivity contribution is 7.99. The molecule has 2 nitrogen and oxygen atoms in total. The molecule has 0 saturated heterocycles. The van der Waals surface area contributed by atoms with Gasteiger partial charge in [0.2, 0.25) is 0 Å². The summed E-state index contributed by atoms with van der Waals surface area (Å²) in [6.45, 7) is 3.02. The van der Waals surface area contributed by atoms with Crippen LogP contribution in [0.25, 0.3) is 0 Å². The Morgan fingerprint density at radius 3 is 2.85 bits per heavy atom. The van der Waals surface area contributed by atoms with Gasteiger partial charge in [0.15, 0.2) is 0 Å². The molecule has 0 spiro atoms. The molecular weight excluding hydrogens is 266 g/mol. The molecule has 1 aliphatic rings. The lowest BCUT2D eigenvalue weighted by molar-refractivity contribution is 0.210. The van der Waals surface area contributed by atoms with E-state index in [0.717, 1.165) is 23.7 Å². The van der Waals surface area contributed by atoms with Crippen LogP contribution in [0.3, 0.4) is 0 Å². The molecule has 0 amide bonds. The molecule has 0 aliphatic carbocycles. The van der Waals surface area contributed by atoms with Crippen LogP contribution in [0.15, 0.2) is 53.4 Å². The molecule has 1 atom stereocenters. The van der Waals surface area contributed by atoms with E-state index < -0.39 is 0 Å². The Kier molecular flexibility index (Phi) is 4.16. The molecule has 0 fully saturated rings. The van der Waals surface area contributed by atoms with Gasteiger partial charge in [-0.1, -0.05) is 37.3 Å². The molecule has 3 rings (SSSR count). The molecule has 20 heavy (non-hydrogen) atoms. The largest absolute Gasteiger partial charge is 0.482 e. The molecule has 0 aromatic heterocycles. The van der Waals surface area contributed by atoms with E-state index in [-0.39, 0.29) is 6.10 Å². The van der Waals surface area contributed by atoms with Crippen molar-refractivity contribution in [3.8, 4) is 5.75 Å². The number of benzene rings is 2. The van der Waals surface area contributed by atoms with Crippen LogP contribution in [-0.4, -0.2) is 12.3 Å². The van der Waals surface area contributed by atoms with Crippen molar-refractivity contribution in [3.63, 3.8) is 0 Å². The minimum Gasteiger partial charge on any atom is -0.482 e. The number of fused-ring (bicyclic) bond motifs is 1. The summed E-state index contributed by atoms with van der Waals surface area (Å²) in [5.41, 5.74) is 2.33. The molecular formula is C17H19NOS. The first-order valence-corrected chi connectivity index (χ1v) is 8.07. The average Bonchev–Trinajstić information content (AvgIpc) is 2.53. The van der Waals surface area contributed by atoms with Gasteiger partial charge in [0.25, 0.3) is 0 Å². The van der Waals surface area contributed by atoms with Gasteiger partial charge >= 0.3 is 0 Å². The lowest BCUT2D eigenvalue weighted by Crippen LogP contribution is -2.23. The van der Waals surface area contributed by atoms with Crippen molar-refractivity contribution in [1.29, 1.82) is 0 Å². The molecule has 0 saturated carbocycles. The van der Waals surface area contributed by atoms with Crippen molar-refractivity contribution in [2.24, 2.45) is 0 Å². The third-order valence-electron chi connectivity index (χ3n) is 3.34. The fourth-order valence-corrected chi connectivity index (χ4v) is 3.12. The van der Waals surface area contributed by atoms with E-state index in [1.807, 2.05) is 17.8 Å². The molecule has 0 bridgehead atoms. The summed E-state index contributed by atoms with van der Waals surface area (Å²) in [5.74, 6) is 2.11. The van der Waals surface area contributed by atoms with Crippen LogP contribution in [0.1, 0.15) is 25.0 Å². The fraction of sp³-hybridized carbons (Fsp3) is 0.294. The number of rotatable bonds is 4. The van der Waals surface area contributed by atoms with Gasteiger partial charge in [-0.15, -0.1) is 11.8 Å². The Bertz CT molecular complexity index is 570. The van der Waals surface area contributed by atoms with E-state index in [0.29, 0.717) is 0 Å². The number of ether oxygens (including phenoxy) is 1. The van der Waals surface area contributed by atoms with Gasteiger partial charge < -0.3 is 10.1 Å². The zero-order valence-corrected chi connectivity index (χ0v) is 12.5. The van der Waals surface area contributed by atoms with Crippen LogP contribution in [0.2, 0.25) is 0 Å². The molecule has 3 heteroatoms. The lowest BCUT2D eigenvalue weighted by atomic mass is 10.1. The number of thioether (sulfide) groups is 1. The Hall–Kier alpha value is -1.61. The van der Waals surface area contributed by atoms with Crippen LogP contribution >= 0.6 is 11.8 Å². The van der Waals surface area contributed by atoms with Gasteiger partial charge in [-0.05, 0) is 35.9 Å². The number of anilines is 1. The van der Waals surface area contributed by atoms with Crippen molar-refractivity contribution in [3.05, 3.63) is 54.1 Å². The molecule has 1 unspecified atom stereocenters. The second kappa shape index (κ2) is 6.23. The Balaban J connectivity index is 1.75. The van der Waals surface area contributed by atoms with Crippen molar-refractivity contribution in [1.82, 2.24) is 0 Å². The van der Waals surface area contributed by atoms with Crippen molar-refractivity contribution in [2.75, 3.05) is 17.6 Å². The minimum atomic E-state index is 0.0952. The van der Waals surface area contributed by atoms with Crippen molar-refractivity contribution < 1.29 is 4.74 Å². The SMILES string of the molecule is CCCSc1ccc2c(c1)NCC(c1ccccc1)O2. The predicted molar refractivity (Wildman–Crippen MR) is 85.8 cm³/mol. The first-order valence-electron chi connectivity index (χ1n) is 7.09. The summed E-state index contributed by atoms with van der Waals surface area (Å²) in [4.78, 5) is 1.31. The Morgan fingerprint density at radius 2 is 2.05 bits per heavy atom. The maximum Gasteiger partial charge on any atom is 0.143 e. The summed E-state index contributed by atoms with van der Waals surface area (Å²) in [6, 6.07) is 16.8. The number of hydrogen-bond donors (Lipinski definition) is 1. The first kappa shape index (κ1) is 13.4. The quantitative estimate of drug-likeness (QED) is 0.820. The second-order valence-corrected chi connectivity index (χ2v) is 6.07. The fourth-order valence-electron chi connectivity index (χ4n) is 2.31. The summed E-state index contributed by atoms with van der Waals surface area (Å²) in [6.07, 6.45) is 1.29. The zero-order valence-electron chi connectivity index (χ0n) is 11.6. The number of nitrogens with one attached hydrogen (secondary N) is 1. The van der Waals surface area contributed by atoms with E-state index in [2.05, 4.69) is 54.7 Å². The highest BCUT2D eigenvalue weighted by atomic mass is 32.2.